The normalized spacial score (nSPS) is 11.5. The van der Waals surface area contributed by atoms with Gasteiger partial charge in [-0.25, -0.2) is 0 Å². The van der Waals surface area contributed by atoms with Crippen LogP contribution in [0.1, 0.15) is 19.4 Å². The van der Waals surface area contributed by atoms with Crippen LogP contribution in [0.25, 0.3) is 11.0 Å². The van der Waals surface area contributed by atoms with Crippen molar-refractivity contribution in [2.75, 3.05) is 13.1 Å². The summed E-state index contributed by atoms with van der Waals surface area (Å²) in [6.07, 6.45) is 0. The molecule has 0 fully saturated rings. The van der Waals surface area contributed by atoms with E-state index in [1.165, 1.54) is 10.3 Å². The first-order valence-electron chi connectivity index (χ1n) is 5.97. The summed E-state index contributed by atoms with van der Waals surface area (Å²) < 4.78 is 6.64. The van der Waals surface area contributed by atoms with Crippen molar-refractivity contribution >= 4 is 11.0 Å². The third-order valence-corrected chi connectivity index (χ3v) is 3.10. The molecule has 0 aliphatic carbocycles. The molecule has 2 rings (SSSR count). The molecule has 0 N–H and O–H groups in total. The number of fused-ring (bicyclic) bond motifs is 1. The standard InChI is InChI=1S/C13H18N2O2/c1-4-15(5-2)9-10-6-7-11-12(8-10)17-14(3)13(11)16/h6-8H,4-5,9H2,1-3H3. The Bertz CT molecular complexity index is 564. The summed E-state index contributed by atoms with van der Waals surface area (Å²) in [5.74, 6) is 0. The third kappa shape index (κ3) is 2.26. The SMILES string of the molecule is CCN(CC)Cc1ccc2c(=O)n(C)oc2c1. The van der Waals surface area contributed by atoms with Crippen LogP contribution in [-0.2, 0) is 13.6 Å². The van der Waals surface area contributed by atoms with Gasteiger partial charge in [0.15, 0.2) is 5.58 Å². The van der Waals surface area contributed by atoms with Gasteiger partial charge in [-0.3, -0.25) is 9.69 Å². The van der Waals surface area contributed by atoms with Gasteiger partial charge >= 0.3 is 0 Å². The minimum atomic E-state index is -0.0746. The Labute approximate surface area is 100 Å². The summed E-state index contributed by atoms with van der Waals surface area (Å²) in [4.78, 5) is 14.0. The van der Waals surface area contributed by atoms with Gasteiger partial charge in [0.05, 0.1) is 5.39 Å². The minimum Gasteiger partial charge on any atom is -0.376 e. The number of aryl methyl sites for hydroxylation is 1. The van der Waals surface area contributed by atoms with E-state index in [0.29, 0.717) is 11.0 Å². The number of hydrogen-bond acceptors (Lipinski definition) is 3. The molecule has 0 saturated carbocycles. The number of nitrogens with zero attached hydrogens (tertiary/aromatic N) is 2. The first-order valence-corrected chi connectivity index (χ1v) is 5.97. The average molecular weight is 234 g/mol. The second-order valence-corrected chi connectivity index (χ2v) is 4.19. The van der Waals surface area contributed by atoms with Gasteiger partial charge in [0.2, 0.25) is 0 Å². The topological polar surface area (TPSA) is 38.4 Å². The Morgan fingerprint density at radius 1 is 1.29 bits per heavy atom. The smallest absolute Gasteiger partial charge is 0.290 e. The van der Waals surface area contributed by atoms with E-state index in [4.69, 9.17) is 4.52 Å². The molecule has 0 atom stereocenters. The maximum Gasteiger partial charge on any atom is 0.290 e. The summed E-state index contributed by atoms with van der Waals surface area (Å²) in [7, 11) is 1.63. The molecule has 0 spiro atoms. The first-order chi connectivity index (χ1) is 8.15. The predicted octanol–water partition coefficient (Wildman–Crippen LogP) is 1.97. The van der Waals surface area contributed by atoms with Crippen molar-refractivity contribution in [1.29, 1.82) is 0 Å². The van der Waals surface area contributed by atoms with Crippen LogP contribution in [0.5, 0.6) is 0 Å². The molecule has 4 heteroatoms. The largest absolute Gasteiger partial charge is 0.376 e. The number of benzene rings is 1. The van der Waals surface area contributed by atoms with E-state index >= 15 is 0 Å². The highest BCUT2D eigenvalue weighted by molar-refractivity contribution is 5.76. The molecule has 2 aromatic rings. The monoisotopic (exact) mass is 234 g/mol. The van der Waals surface area contributed by atoms with Crippen LogP contribution in [0.2, 0.25) is 0 Å². The van der Waals surface area contributed by atoms with Gasteiger partial charge < -0.3 is 4.52 Å². The van der Waals surface area contributed by atoms with Gasteiger partial charge in [-0.2, -0.15) is 4.74 Å². The van der Waals surface area contributed by atoms with Gasteiger partial charge in [0, 0.05) is 13.6 Å². The van der Waals surface area contributed by atoms with Crippen molar-refractivity contribution < 1.29 is 4.52 Å². The van der Waals surface area contributed by atoms with Crippen LogP contribution in [0.15, 0.2) is 27.5 Å². The lowest BCUT2D eigenvalue weighted by molar-refractivity contribution is 0.295. The quantitative estimate of drug-likeness (QED) is 0.811. The molecule has 1 aromatic carbocycles. The van der Waals surface area contributed by atoms with E-state index in [0.717, 1.165) is 19.6 Å². The van der Waals surface area contributed by atoms with Crippen molar-refractivity contribution in [3.05, 3.63) is 34.1 Å². The van der Waals surface area contributed by atoms with E-state index in [2.05, 4.69) is 18.7 Å². The fourth-order valence-electron chi connectivity index (χ4n) is 1.98. The van der Waals surface area contributed by atoms with Crippen LogP contribution in [0, 0.1) is 0 Å². The second kappa shape index (κ2) is 4.75. The van der Waals surface area contributed by atoms with Crippen molar-refractivity contribution in [2.45, 2.75) is 20.4 Å². The Balaban J connectivity index is 2.35. The van der Waals surface area contributed by atoms with E-state index in [9.17, 15) is 4.79 Å². The average Bonchev–Trinajstić information content (AvgIpc) is 2.62. The van der Waals surface area contributed by atoms with Gasteiger partial charge in [0.25, 0.3) is 5.56 Å². The molecule has 4 nitrogen and oxygen atoms in total. The lowest BCUT2D eigenvalue weighted by atomic mass is 10.1. The Kier molecular flexibility index (Phi) is 3.33. The lowest BCUT2D eigenvalue weighted by Crippen LogP contribution is -2.22. The fraction of sp³-hybridized carbons (Fsp3) is 0.462. The van der Waals surface area contributed by atoms with Crippen LogP contribution >= 0.6 is 0 Å². The molecule has 0 saturated heterocycles. The van der Waals surface area contributed by atoms with Gasteiger partial charge in [0.1, 0.15) is 0 Å². The second-order valence-electron chi connectivity index (χ2n) is 4.19. The molecule has 0 amide bonds. The van der Waals surface area contributed by atoms with Crippen LogP contribution in [0.3, 0.4) is 0 Å². The van der Waals surface area contributed by atoms with Crippen molar-refractivity contribution in [3.63, 3.8) is 0 Å². The van der Waals surface area contributed by atoms with E-state index in [1.54, 1.807) is 7.05 Å². The maximum absolute atomic E-state index is 11.6. The van der Waals surface area contributed by atoms with Crippen molar-refractivity contribution in [3.8, 4) is 0 Å². The molecule has 17 heavy (non-hydrogen) atoms. The summed E-state index contributed by atoms with van der Waals surface area (Å²) in [5.41, 5.74) is 1.77. The van der Waals surface area contributed by atoms with Gasteiger partial charge in [-0.1, -0.05) is 19.9 Å². The molecule has 0 unspecified atom stereocenters. The number of aromatic nitrogens is 1. The molecule has 1 aromatic heterocycles. The summed E-state index contributed by atoms with van der Waals surface area (Å²) >= 11 is 0. The molecular formula is C13H18N2O2. The first kappa shape index (κ1) is 11.9. The third-order valence-electron chi connectivity index (χ3n) is 3.10. The molecule has 0 bridgehead atoms. The zero-order valence-electron chi connectivity index (χ0n) is 10.6. The number of rotatable bonds is 4. The van der Waals surface area contributed by atoms with Gasteiger partial charge in [-0.05, 0) is 30.8 Å². The highest BCUT2D eigenvalue weighted by Crippen LogP contribution is 2.14. The van der Waals surface area contributed by atoms with E-state index < -0.39 is 0 Å². The fourth-order valence-corrected chi connectivity index (χ4v) is 1.98. The zero-order valence-corrected chi connectivity index (χ0v) is 10.6. The molecular weight excluding hydrogens is 216 g/mol. The Hall–Kier alpha value is -1.55. The van der Waals surface area contributed by atoms with Crippen LogP contribution < -0.4 is 5.56 Å². The molecule has 0 aliphatic heterocycles. The summed E-state index contributed by atoms with van der Waals surface area (Å²) in [6, 6.07) is 5.80. The van der Waals surface area contributed by atoms with Crippen LogP contribution in [0.4, 0.5) is 0 Å². The van der Waals surface area contributed by atoms with Crippen molar-refractivity contribution in [2.24, 2.45) is 7.05 Å². The molecule has 0 aliphatic rings. The van der Waals surface area contributed by atoms with Crippen LogP contribution in [-0.4, -0.2) is 22.7 Å². The predicted molar refractivity (Wildman–Crippen MR) is 68.1 cm³/mol. The highest BCUT2D eigenvalue weighted by atomic mass is 16.5. The zero-order chi connectivity index (χ0) is 12.4. The maximum atomic E-state index is 11.6. The van der Waals surface area contributed by atoms with Crippen molar-refractivity contribution in [1.82, 2.24) is 9.64 Å². The molecule has 92 valence electrons. The number of hydrogen-bond donors (Lipinski definition) is 0. The Morgan fingerprint density at radius 3 is 2.65 bits per heavy atom. The minimum absolute atomic E-state index is 0.0746. The highest BCUT2D eigenvalue weighted by Gasteiger charge is 2.08. The lowest BCUT2D eigenvalue weighted by Gasteiger charge is -2.17. The van der Waals surface area contributed by atoms with E-state index in [1.807, 2.05) is 18.2 Å². The van der Waals surface area contributed by atoms with Gasteiger partial charge in [-0.15, -0.1) is 0 Å². The molecule has 1 heterocycles. The Morgan fingerprint density at radius 2 is 2.00 bits per heavy atom. The van der Waals surface area contributed by atoms with E-state index in [-0.39, 0.29) is 5.56 Å². The summed E-state index contributed by atoms with van der Waals surface area (Å²) in [5, 5.41) is 0.649. The summed E-state index contributed by atoms with van der Waals surface area (Å²) in [6.45, 7) is 7.22. The molecule has 0 radical (unpaired) electrons.